The first-order valence-electron chi connectivity index (χ1n) is 18.3. The number of carboxylic acid groups (broad SMARTS) is 2. The van der Waals surface area contributed by atoms with E-state index in [2.05, 4.69) is 15.8 Å². The van der Waals surface area contributed by atoms with Crippen LogP contribution in [0.5, 0.6) is 0 Å². The number of halogens is 2. The molecular formula is C40H42ClFN6O8. The Balaban J connectivity index is 1.22. The van der Waals surface area contributed by atoms with Crippen molar-refractivity contribution in [2.45, 2.75) is 56.7 Å². The molecule has 3 atom stereocenters. The summed E-state index contributed by atoms with van der Waals surface area (Å²) >= 11 is 5.98. The number of hydrogen-bond acceptors (Lipinski definition) is 9. The van der Waals surface area contributed by atoms with Crippen LogP contribution in [0.4, 0.5) is 10.1 Å². The summed E-state index contributed by atoms with van der Waals surface area (Å²) in [5.41, 5.74) is 9.61. The molecule has 0 radical (unpaired) electrons. The Morgan fingerprint density at radius 1 is 0.982 bits per heavy atom. The van der Waals surface area contributed by atoms with E-state index in [4.69, 9.17) is 22.2 Å². The number of rotatable bonds is 14. The number of nitrogens with zero attached hydrogens (tertiary/aromatic N) is 3. The second kappa shape index (κ2) is 17.9. The van der Waals surface area contributed by atoms with Gasteiger partial charge < -0.3 is 36.3 Å². The molecule has 16 heteroatoms. The standard InChI is InChI=1S/C40H42ClFN6O8/c41-30-8-4-7-29(35(30)42)32-21-33(56-46-32)38(51)48-20-16-27-26(5-3-6-28(27)36(48)37(50)44-25-12-10-24(11-13-25)39(52)53)23-14-18-47(19-15-23)22-34(49)45-31(40(54)55)9-1-2-17-43/h3-8,10-14,31,33,36H,1-2,9,15-22,43H2,(H,44,50)(H,45,49)(H,52,53)(H,54,55)/t31-,33-,36+/m1/s1. The third kappa shape index (κ3) is 9.07. The zero-order valence-electron chi connectivity index (χ0n) is 30.4. The van der Waals surface area contributed by atoms with E-state index in [0.717, 1.165) is 16.7 Å². The summed E-state index contributed by atoms with van der Waals surface area (Å²) in [6.45, 7) is 1.59. The summed E-state index contributed by atoms with van der Waals surface area (Å²) in [6, 6.07) is 13.6. The van der Waals surface area contributed by atoms with E-state index in [1.165, 1.54) is 41.3 Å². The molecule has 6 N–H and O–H groups in total. The number of anilines is 1. The maximum Gasteiger partial charge on any atom is 0.335 e. The Kier molecular flexibility index (Phi) is 12.8. The van der Waals surface area contributed by atoms with Crippen LogP contribution in [0.2, 0.25) is 5.02 Å². The molecule has 0 fully saturated rings. The van der Waals surface area contributed by atoms with E-state index in [0.29, 0.717) is 63.0 Å². The number of nitrogens with one attached hydrogen (secondary N) is 2. The number of carboxylic acids is 2. The van der Waals surface area contributed by atoms with E-state index in [-0.39, 0.29) is 47.3 Å². The molecule has 0 unspecified atom stereocenters. The molecule has 3 amide bonds. The predicted octanol–water partition coefficient (Wildman–Crippen LogP) is 4.22. The predicted molar refractivity (Wildman–Crippen MR) is 206 cm³/mol. The molecule has 3 aliphatic rings. The van der Waals surface area contributed by atoms with Gasteiger partial charge in [-0.2, -0.15) is 0 Å². The first-order valence-corrected chi connectivity index (χ1v) is 18.7. The van der Waals surface area contributed by atoms with Gasteiger partial charge in [-0.3, -0.25) is 19.3 Å². The van der Waals surface area contributed by atoms with Crippen LogP contribution < -0.4 is 16.4 Å². The molecule has 3 aromatic rings. The van der Waals surface area contributed by atoms with Crippen LogP contribution in [0.3, 0.4) is 0 Å². The Morgan fingerprint density at radius 2 is 1.73 bits per heavy atom. The van der Waals surface area contributed by atoms with Crippen LogP contribution in [0.1, 0.15) is 70.8 Å². The van der Waals surface area contributed by atoms with Crippen molar-refractivity contribution >= 4 is 58.2 Å². The highest BCUT2D eigenvalue weighted by molar-refractivity contribution is 6.31. The fourth-order valence-electron chi connectivity index (χ4n) is 7.27. The van der Waals surface area contributed by atoms with Gasteiger partial charge in [-0.15, -0.1) is 0 Å². The van der Waals surface area contributed by atoms with Gasteiger partial charge in [-0.25, -0.2) is 14.0 Å². The molecular weight excluding hydrogens is 747 g/mol. The Morgan fingerprint density at radius 3 is 2.43 bits per heavy atom. The summed E-state index contributed by atoms with van der Waals surface area (Å²) in [7, 11) is 0. The molecule has 3 aromatic carbocycles. The van der Waals surface area contributed by atoms with Crippen LogP contribution in [0, 0.1) is 5.82 Å². The molecule has 56 heavy (non-hydrogen) atoms. The van der Waals surface area contributed by atoms with Crippen LogP contribution in [-0.2, 0) is 30.4 Å². The highest BCUT2D eigenvalue weighted by Crippen LogP contribution is 2.38. The third-order valence-electron chi connectivity index (χ3n) is 10.1. The number of unbranched alkanes of at least 4 members (excludes halogenated alkanes) is 1. The van der Waals surface area contributed by atoms with E-state index >= 15 is 0 Å². The number of aromatic carboxylic acids is 1. The molecule has 6 rings (SSSR count). The molecule has 294 valence electrons. The Bertz CT molecular complexity index is 2080. The number of fused-ring (bicyclic) bond motifs is 1. The van der Waals surface area contributed by atoms with E-state index in [1.54, 1.807) is 12.1 Å². The smallest absolute Gasteiger partial charge is 0.335 e. The molecule has 3 heterocycles. The quantitative estimate of drug-likeness (QED) is 0.147. The van der Waals surface area contributed by atoms with Gasteiger partial charge in [-0.1, -0.05) is 47.1 Å². The summed E-state index contributed by atoms with van der Waals surface area (Å²) in [5, 5.41) is 28.2. The van der Waals surface area contributed by atoms with Gasteiger partial charge in [0.1, 0.15) is 12.1 Å². The molecule has 0 spiro atoms. The number of benzene rings is 3. The van der Waals surface area contributed by atoms with Gasteiger partial charge in [0, 0.05) is 37.3 Å². The second-order valence-corrected chi connectivity index (χ2v) is 14.2. The Labute approximate surface area is 327 Å². The monoisotopic (exact) mass is 788 g/mol. The molecule has 14 nitrogen and oxygen atoms in total. The second-order valence-electron chi connectivity index (χ2n) is 13.8. The molecule has 0 aromatic heterocycles. The van der Waals surface area contributed by atoms with Crippen molar-refractivity contribution < 1.29 is 43.4 Å². The summed E-state index contributed by atoms with van der Waals surface area (Å²) in [4.78, 5) is 73.2. The third-order valence-corrected chi connectivity index (χ3v) is 10.4. The minimum Gasteiger partial charge on any atom is -0.480 e. The largest absolute Gasteiger partial charge is 0.480 e. The van der Waals surface area contributed by atoms with Crippen molar-refractivity contribution in [1.29, 1.82) is 0 Å². The molecule has 0 saturated carbocycles. The van der Waals surface area contributed by atoms with Crippen LogP contribution in [0.25, 0.3) is 5.57 Å². The minimum absolute atomic E-state index is 0.0305. The zero-order valence-corrected chi connectivity index (χ0v) is 31.1. The van der Waals surface area contributed by atoms with Gasteiger partial charge in [0.25, 0.3) is 11.8 Å². The van der Waals surface area contributed by atoms with E-state index < -0.39 is 47.8 Å². The van der Waals surface area contributed by atoms with Gasteiger partial charge in [0.05, 0.1) is 22.8 Å². The van der Waals surface area contributed by atoms with E-state index in [9.17, 15) is 38.6 Å². The number of aliphatic carboxylic acids is 1. The van der Waals surface area contributed by atoms with Gasteiger partial charge >= 0.3 is 11.9 Å². The number of carbonyl (C=O) groups is 5. The average molecular weight is 789 g/mol. The summed E-state index contributed by atoms with van der Waals surface area (Å²) < 4.78 is 14.8. The number of amides is 3. The molecule has 0 saturated heterocycles. The zero-order chi connectivity index (χ0) is 39.9. The lowest BCUT2D eigenvalue weighted by Crippen LogP contribution is -2.49. The van der Waals surface area contributed by atoms with Crippen molar-refractivity contribution in [2.75, 3.05) is 38.0 Å². The maximum absolute atomic E-state index is 14.8. The fraction of sp³-hybridized carbons (Fsp3) is 0.350. The normalized spacial score (nSPS) is 18.5. The SMILES string of the molecule is NCCCC[C@@H](NC(=O)CN1CC=C(c2cccc3c2CCN(C(=O)[C@H]2CC(c4cccc(Cl)c4F)=NO2)[C@@H]3C(=O)Nc2ccc(C(=O)O)cc2)CC1)C(=O)O. The van der Waals surface area contributed by atoms with Crippen molar-refractivity contribution in [2.24, 2.45) is 10.9 Å². The summed E-state index contributed by atoms with van der Waals surface area (Å²) in [5.74, 6) is -4.31. The van der Waals surface area contributed by atoms with Crippen LogP contribution in [-0.4, -0.2) is 100 Å². The lowest BCUT2D eigenvalue weighted by molar-refractivity contribution is -0.148. The first kappa shape index (κ1) is 40.0. The van der Waals surface area contributed by atoms with Crippen LogP contribution >= 0.6 is 11.6 Å². The van der Waals surface area contributed by atoms with Crippen molar-refractivity contribution in [1.82, 2.24) is 15.1 Å². The first-order chi connectivity index (χ1) is 26.9. The molecule has 0 bridgehead atoms. The van der Waals surface area contributed by atoms with Crippen molar-refractivity contribution in [3.05, 3.63) is 105 Å². The highest BCUT2D eigenvalue weighted by atomic mass is 35.5. The number of nitrogens with two attached hydrogens (primary N) is 1. The average Bonchev–Trinajstić information content (AvgIpc) is 3.68. The van der Waals surface area contributed by atoms with Gasteiger partial charge in [0.2, 0.25) is 12.0 Å². The summed E-state index contributed by atoms with van der Waals surface area (Å²) in [6.07, 6.45) is 3.38. The Hall–Kier alpha value is -5.64. The van der Waals surface area contributed by atoms with Gasteiger partial charge in [0.15, 0.2) is 5.82 Å². The fourth-order valence-corrected chi connectivity index (χ4v) is 7.44. The topological polar surface area (TPSA) is 204 Å². The minimum atomic E-state index is -1.13. The number of oxime groups is 1. The molecule has 3 aliphatic heterocycles. The maximum atomic E-state index is 14.8. The lowest BCUT2D eigenvalue weighted by Gasteiger charge is -2.38. The highest BCUT2D eigenvalue weighted by Gasteiger charge is 2.42. The van der Waals surface area contributed by atoms with Crippen molar-refractivity contribution in [3.8, 4) is 0 Å². The lowest BCUT2D eigenvalue weighted by atomic mass is 9.84. The van der Waals surface area contributed by atoms with Gasteiger partial charge in [-0.05, 0) is 97.3 Å². The van der Waals surface area contributed by atoms with Crippen molar-refractivity contribution in [3.63, 3.8) is 0 Å². The molecule has 0 aliphatic carbocycles. The number of carbonyl (C=O) groups excluding carboxylic acids is 3. The van der Waals surface area contributed by atoms with E-state index in [1.807, 2.05) is 23.1 Å². The van der Waals surface area contributed by atoms with Crippen LogP contribution in [0.15, 0.2) is 71.9 Å². The number of hydrogen-bond donors (Lipinski definition) is 5.